The van der Waals surface area contributed by atoms with E-state index in [1.165, 1.54) is 0 Å². The van der Waals surface area contributed by atoms with Gasteiger partial charge >= 0.3 is 0 Å². The number of carbonyl (C=O) groups is 2. The molecule has 1 aliphatic carbocycles. The average molecular weight is 526 g/mol. The van der Waals surface area contributed by atoms with Gasteiger partial charge in [0.15, 0.2) is 5.78 Å². The maximum atomic E-state index is 15.1. The summed E-state index contributed by atoms with van der Waals surface area (Å²) in [5, 5.41) is 4.12. The standard InChI is InChI=1S/C31H32FN5O2/c32-22-15-21-18-35(29(39)7-4-20-8-10-33-11-9-20)13-14-36-19-25(24(16-22)31(21)36)30-23(5-6-27(30)38)26-17-34-28-3-1-2-12-37(26)28/h1-3,12,15-17,19-20,33H,4-11,13-14,18H2. The second kappa shape index (κ2) is 9.75. The van der Waals surface area contributed by atoms with Gasteiger partial charge in [-0.15, -0.1) is 0 Å². The molecule has 1 amide bonds. The molecule has 5 heterocycles. The normalized spacial score (nSPS) is 18.5. The third kappa shape index (κ3) is 4.27. The van der Waals surface area contributed by atoms with Gasteiger partial charge in [0.05, 0.1) is 17.4 Å². The van der Waals surface area contributed by atoms with Gasteiger partial charge in [-0.05, 0) is 80.1 Å². The van der Waals surface area contributed by atoms with E-state index in [9.17, 15) is 9.59 Å². The first-order valence-corrected chi connectivity index (χ1v) is 14.1. The molecule has 2 aliphatic heterocycles. The molecule has 7 rings (SSSR count). The molecule has 7 nitrogen and oxygen atoms in total. The molecule has 1 fully saturated rings. The largest absolute Gasteiger partial charge is 0.345 e. The number of rotatable bonds is 5. The first kappa shape index (κ1) is 24.3. The van der Waals surface area contributed by atoms with E-state index in [-0.39, 0.29) is 17.5 Å². The van der Waals surface area contributed by atoms with Gasteiger partial charge < -0.3 is 14.8 Å². The minimum Gasteiger partial charge on any atom is -0.345 e. The van der Waals surface area contributed by atoms with Crippen molar-refractivity contribution < 1.29 is 14.0 Å². The monoisotopic (exact) mass is 525 g/mol. The third-order valence-corrected chi connectivity index (χ3v) is 8.74. The number of imidazole rings is 1. The Morgan fingerprint density at radius 2 is 2.00 bits per heavy atom. The van der Waals surface area contributed by atoms with E-state index in [2.05, 4.69) is 14.9 Å². The third-order valence-electron chi connectivity index (χ3n) is 8.74. The van der Waals surface area contributed by atoms with Crippen LogP contribution in [0.5, 0.6) is 0 Å². The van der Waals surface area contributed by atoms with E-state index in [0.29, 0.717) is 50.4 Å². The van der Waals surface area contributed by atoms with Gasteiger partial charge in [0.1, 0.15) is 11.5 Å². The second-order valence-corrected chi connectivity index (χ2v) is 11.1. The predicted octanol–water partition coefficient (Wildman–Crippen LogP) is 4.82. The van der Waals surface area contributed by atoms with Crippen molar-refractivity contribution in [2.75, 3.05) is 19.6 Å². The molecule has 0 unspecified atom stereocenters. The fraction of sp³-hybridized carbons (Fsp3) is 0.387. The lowest BCUT2D eigenvalue weighted by molar-refractivity contribution is -0.132. The number of nitrogens with one attached hydrogen (secondary N) is 1. The van der Waals surface area contributed by atoms with E-state index in [1.807, 2.05) is 46.1 Å². The Labute approximate surface area is 226 Å². The molecule has 4 aromatic rings. The van der Waals surface area contributed by atoms with Crippen LogP contribution in [0.1, 0.15) is 55.3 Å². The van der Waals surface area contributed by atoms with Gasteiger partial charge in [0, 0.05) is 61.4 Å². The van der Waals surface area contributed by atoms with Crippen LogP contribution in [0.25, 0.3) is 27.7 Å². The molecule has 1 saturated heterocycles. The minimum absolute atomic E-state index is 0.0764. The summed E-state index contributed by atoms with van der Waals surface area (Å²) in [4.78, 5) is 32.9. The van der Waals surface area contributed by atoms with Crippen molar-refractivity contribution in [3.8, 4) is 0 Å². The summed E-state index contributed by atoms with van der Waals surface area (Å²) >= 11 is 0. The smallest absolute Gasteiger partial charge is 0.222 e. The number of allylic oxidation sites excluding steroid dienone is 2. The van der Waals surface area contributed by atoms with Crippen molar-refractivity contribution in [3.05, 3.63) is 71.6 Å². The number of hydrogen-bond donors (Lipinski definition) is 1. The van der Waals surface area contributed by atoms with Crippen LogP contribution in [0.2, 0.25) is 0 Å². The summed E-state index contributed by atoms with van der Waals surface area (Å²) in [5.41, 5.74) is 5.85. The van der Waals surface area contributed by atoms with Crippen LogP contribution in [0, 0.1) is 11.7 Å². The van der Waals surface area contributed by atoms with Crippen molar-refractivity contribution in [2.24, 2.45) is 5.92 Å². The Bertz CT molecular complexity index is 1640. The van der Waals surface area contributed by atoms with Crippen molar-refractivity contribution in [1.29, 1.82) is 0 Å². The van der Waals surface area contributed by atoms with Crippen LogP contribution in [0.3, 0.4) is 0 Å². The maximum absolute atomic E-state index is 15.1. The van der Waals surface area contributed by atoms with Crippen molar-refractivity contribution in [3.63, 3.8) is 0 Å². The highest BCUT2D eigenvalue weighted by molar-refractivity contribution is 6.33. The van der Waals surface area contributed by atoms with Gasteiger partial charge in [0.25, 0.3) is 0 Å². The number of pyridine rings is 1. The number of Topliss-reactive ketones (excluding diaryl/α,β-unsaturated/α-hetero) is 1. The zero-order valence-corrected chi connectivity index (χ0v) is 22.0. The molecule has 1 aromatic carbocycles. The van der Waals surface area contributed by atoms with E-state index in [4.69, 9.17) is 0 Å². The highest BCUT2D eigenvalue weighted by atomic mass is 19.1. The summed E-state index contributed by atoms with van der Waals surface area (Å²) in [7, 11) is 0. The Morgan fingerprint density at radius 1 is 1.13 bits per heavy atom. The van der Waals surface area contributed by atoms with E-state index >= 15 is 4.39 Å². The molecule has 1 N–H and O–H groups in total. The van der Waals surface area contributed by atoms with Crippen LogP contribution in [0.4, 0.5) is 4.39 Å². The van der Waals surface area contributed by atoms with Crippen LogP contribution in [-0.4, -0.2) is 50.2 Å². The summed E-state index contributed by atoms with van der Waals surface area (Å²) in [6.07, 6.45) is 10.5. The van der Waals surface area contributed by atoms with Crippen molar-refractivity contribution in [1.82, 2.24) is 24.2 Å². The number of hydrogen-bond acceptors (Lipinski definition) is 4. The van der Waals surface area contributed by atoms with E-state index in [0.717, 1.165) is 71.3 Å². The molecule has 0 atom stereocenters. The fourth-order valence-corrected chi connectivity index (χ4v) is 6.75. The number of aromatic nitrogens is 3. The number of amides is 1. The van der Waals surface area contributed by atoms with Crippen LogP contribution in [-0.2, 0) is 22.7 Å². The molecule has 0 saturated carbocycles. The zero-order chi connectivity index (χ0) is 26.5. The number of ketones is 1. The van der Waals surface area contributed by atoms with Crippen LogP contribution < -0.4 is 5.32 Å². The highest BCUT2D eigenvalue weighted by Gasteiger charge is 2.31. The molecule has 0 radical (unpaired) electrons. The van der Waals surface area contributed by atoms with Gasteiger partial charge in [-0.25, -0.2) is 9.37 Å². The maximum Gasteiger partial charge on any atom is 0.222 e. The molecule has 8 heteroatoms. The first-order chi connectivity index (χ1) is 19.1. The lowest BCUT2D eigenvalue weighted by Gasteiger charge is -2.25. The summed E-state index contributed by atoms with van der Waals surface area (Å²) < 4.78 is 19.2. The molecule has 0 spiro atoms. The Balaban J connectivity index is 1.25. The Kier molecular flexibility index (Phi) is 6.07. The number of halogens is 1. The minimum atomic E-state index is -0.345. The SMILES string of the molecule is O=C1CCC(c2cnc3ccccn23)=C1c1cn2c3c(cc(F)cc13)CN(C(=O)CCC1CCNCC1)CC2. The molecule has 39 heavy (non-hydrogen) atoms. The average Bonchev–Trinajstić information content (AvgIpc) is 3.61. The molecule has 3 aromatic heterocycles. The number of nitrogens with zero attached hydrogens (tertiary/aromatic N) is 4. The van der Waals surface area contributed by atoms with Gasteiger partial charge in [-0.2, -0.15) is 0 Å². The highest BCUT2D eigenvalue weighted by Crippen LogP contribution is 2.42. The van der Waals surface area contributed by atoms with E-state index in [1.54, 1.807) is 12.1 Å². The van der Waals surface area contributed by atoms with Crippen LogP contribution in [0.15, 0.2) is 48.9 Å². The zero-order valence-electron chi connectivity index (χ0n) is 22.0. The first-order valence-electron chi connectivity index (χ1n) is 14.1. The fourth-order valence-electron chi connectivity index (χ4n) is 6.75. The topological polar surface area (TPSA) is 71.6 Å². The molecular weight excluding hydrogens is 493 g/mol. The predicted molar refractivity (Wildman–Crippen MR) is 148 cm³/mol. The number of benzene rings is 1. The number of carbonyl (C=O) groups excluding carboxylic acids is 2. The van der Waals surface area contributed by atoms with Gasteiger partial charge in [-0.3, -0.25) is 14.0 Å². The molecule has 3 aliphatic rings. The quantitative estimate of drug-likeness (QED) is 0.406. The summed E-state index contributed by atoms with van der Waals surface area (Å²) in [6, 6.07) is 8.94. The molecular formula is C31H32FN5O2. The number of piperidine rings is 1. The summed E-state index contributed by atoms with van der Waals surface area (Å²) in [6.45, 7) is 3.62. The van der Waals surface area contributed by atoms with Crippen molar-refractivity contribution in [2.45, 2.75) is 51.6 Å². The lowest BCUT2D eigenvalue weighted by atomic mass is 9.93. The molecule has 0 bridgehead atoms. The molecule has 200 valence electrons. The van der Waals surface area contributed by atoms with Gasteiger partial charge in [-0.1, -0.05) is 6.07 Å². The summed E-state index contributed by atoms with van der Waals surface area (Å²) in [5.74, 6) is 0.467. The second-order valence-electron chi connectivity index (χ2n) is 11.1. The Morgan fingerprint density at radius 3 is 2.87 bits per heavy atom. The van der Waals surface area contributed by atoms with Crippen LogP contribution >= 0.6 is 0 Å². The van der Waals surface area contributed by atoms with Gasteiger partial charge in [0.2, 0.25) is 5.91 Å². The number of fused-ring (bicyclic) bond motifs is 1. The van der Waals surface area contributed by atoms with E-state index < -0.39 is 0 Å². The Hall–Kier alpha value is -3.78. The van der Waals surface area contributed by atoms with Crippen molar-refractivity contribution >= 4 is 39.4 Å². The lowest BCUT2D eigenvalue weighted by Crippen LogP contribution is -2.33.